The van der Waals surface area contributed by atoms with Gasteiger partial charge in [-0.2, -0.15) is 0 Å². The van der Waals surface area contributed by atoms with Gasteiger partial charge < -0.3 is 9.55 Å². The summed E-state index contributed by atoms with van der Waals surface area (Å²) in [7, 11) is 2.07. The Hall–Kier alpha value is -2.88. The lowest BCUT2D eigenvalue weighted by Crippen LogP contribution is -2.19. The molecule has 4 heteroatoms. The fourth-order valence-electron chi connectivity index (χ4n) is 3.12. The molecule has 0 atom stereocenters. The minimum atomic E-state index is 0.853. The van der Waals surface area contributed by atoms with Crippen molar-refractivity contribution in [3.05, 3.63) is 41.2 Å². The van der Waals surface area contributed by atoms with Gasteiger partial charge in [-0.3, -0.25) is 9.98 Å². The Balaban J connectivity index is 0.000000528. The van der Waals surface area contributed by atoms with Crippen molar-refractivity contribution >= 4 is 52.2 Å². The summed E-state index contributed by atoms with van der Waals surface area (Å²) in [5.41, 5.74) is 3.41. The molecule has 1 N–H and O–H groups in total. The van der Waals surface area contributed by atoms with E-state index in [1.165, 1.54) is 16.4 Å². The highest BCUT2D eigenvalue weighted by molar-refractivity contribution is 6.19. The van der Waals surface area contributed by atoms with Crippen molar-refractivity contribution in [3.63, 3.8) is 0 Å². The molecule has 0 saturated heterocycles. The summed E-state index contributed by atoms with van der Waals surface area (Å²) in [6.45, 7) is 15.6. The van der Waals surface area contributed by atoms with Crippen molar-refractivity contribution in [1.82, 2.24) is 14.5 Å². The molecule has 0 spiro atoms. The van der Waals surface area contributed by atoms with Crippen LogP contribution in [0.3, 0.4) is 0 Å². The van der Waals surface area contributed by atoms with Gasteiger partial charge in [0.1, 0.15) is 0 Å². The molecule has 0 aliphatic heterocycles. The van der Waals surface area contributed by atoms with E-state index in [1.54, 1.807) is 6.20 Å². The van der Waals surface area contributed by atoms with E-state index in [-0.39, 0.29) is 0 Å². The van der Waals surface area contributed by atoms with Crippen molar-refractivity contribution in [2.24, 2.45) is 12.0 Å². The lowest BCUT2D eigenvalue weighted by atomic mass is 10.1. The van der Waals surface area contributed by atoms with Crippen LogP contribution in [0.4, 0.5) is 0 Å². The number of H-pyrrole nitrogens is 1. The predicted molar refractivity (Wildman–Crippen MR) is 112 cm³/mol. The molecule has 4 rings (SSSR count). The Morgan fingerprint density at radius 3 is 2.48 bits per heavy atom. The second kappa shape index (κ2) is 7.79. The summed E-state index contributed by atoms with van der Waals surface area (Å²) in [6, 6.07) is 6.27. The van der Waals surface area contributed by atoms with Crippen molar-refractivity contribution in [2.45, 2.75) is 27.7 Å². The number of aromatic nitrogens is 3. The minimum Gasteiger partial charge on any atom is -0.354 e. The van der Waals surface area contributed by atoms with Gasteiger partial charge in [0.2, 0.25) is 0 Å². The van der Waals surface area contributed by atoms with Crippen LogP contribution < -0.4 is 10.6 Å². The number of nitrogens with one attached hydrogen (secondary N) is 1. The van der Waals surface area contributed by atoms with E-state index in [0.29, 0.717) is 0 Å². The zero-order chi connectivity index (χ0) is 18.6. The van der Waals surface area contributed by atoms with Crippen LogP contribution in [0.25, 0.3) is 45.5 Å². The lowest BCUT2D eigenvalue weighted by Gasteiger charge is -1.97. The second-order valence-corrected chi connectivity index (χ2v) is 5.16. The van der Waals surface area contributed by atoms with E-state index in [0.717, 1.165) is 26.9 Å². The van der Waals surface area contributed by atoms with Crippen molar-refractivity contribution < 1.29 is 0 Å². The highest BCUT2D eigenvalue weighted by Gasteiger charge is 2.12. The first-order valence-corrected chi connectivity index (χ1v) is 8.70. The van der Waals surface area contributed by atoms with Gasteiger partial charge in [0, 0.05) is 52.4 Å². The molecule has 0 unspecified atom stereocenters. The van der Waals surface area contributed by atoms with Gasteiger partial charge in [0.15, 0.2) is 0 Å². The summed E-state index contributed by atoms with van der Waals surface area (Å²) in [6.07, 6.45) is 5.48. The van der Waals surface area contributed by atoms with Crippen LogP contribution in [-0.4, -0.2) is 21.3 Å². The number of aliphatic imine (C=N–C) groups is 1. The number of rotatable bonds is 1. The summed E-state index contributed by atoms with van der Waals surface area (Å²) < 4.78 is 2.19. The quantitative estimate of drug-likeness (QED) is 0.523. The smallest absolute Gasteiger partial charge is 0.0567 e. The van der Waals surface area contributed by atoms with Crippen LogP contribution in [0.15, 0.2) is 35.6 Å². The molecule has 0 saturated carbocycles. The zero-order valence-corrected chi connectivity index (χ0v) is 15.7. The van der Waals surface area contributed by atoms with Crippen LogP contribution in [0.2, 0.25) is 0 Å². The van der Waals surface area contributed by atoms with Crippen LogP contribution >= 0.6 is 0 Å². The van der Waals surface area contributed by atoms with Crippen LogP contribution in [0.5, 0.6) is 0 Å². The molecule has 0 radical (unpaired) electrons. The van der Waals surface area contributed by atoms with E-state index in [2.05, 4.69) is 52.0 Å². The third-order valence-corrected chi connectivity index (χ3v) is 4.09. The maximum absolute atomic E-state index is 4.27. The van der Waals surface area contributed by atoms with Gasteiger partial charge >= 0.3 is 0 Å². The minimum absolute atomic E-state index is 0.853. The molecule has 25 heavy (non-hydrogen) atoms. The number of aryl methyl sites for hydroxylation is 1. The molecular weight excluding hydrogens is 308 g/mol. The van der Waals surface area contributed by atoms with Gasteiger partial charge in [-0.15, -0.1) is 0 Å². The SMILES string of the molecule is C=N/C=c1\c(=C)[nH]c2c1ccc1c2c2cnccc2n1C.CC.CC. The molecule has 0 aliphatic rings. The van der Waals surface area contributed by atoms with Gasteiger partial charge in [0.05, 0.1) is 16.6 Å². The van der Waals surface area contributed by atoms with Crippen LogP contribution in [0.1, 0.15) is 27.7 Å². The molecule has 3 aromatic heterocycles. The molecule has 1 aromatic carbocycles. The number of fused-ring (bicyclic) bond motifs is 5. The maximum atomic E-state index is 4.27. The molecule has 0 aliphatic carbocycles. The number of benzene rings is 1. The zero-order valence-electron chi connectivity index (χ0n) is 15.7. The summed E-state index contributed by atoms with van der Waals surface area (Å²) in [5, 5.41) is 5.26. The first-order valence-electron chi connectivity index (χ1n) is 8.70. The van der Waals surface area contributed by atoms with Gasteiger partial charge in [-0.05, 0) is 18.9 Å². The summed E-state index contributed by atoms with van der Waals surface area (Å²) >= 11 is 0. The molecular formula is C21H26N4. The number of hydrogen-bond acceptors (Lipinski definition) is 2. The van der Waals surface area contributed by atoms with Crippen LogP contribution in [0, 0.1) is 0 Å². The van der Waals surface area contributed by atoms with Gasteiger partial charge in [-0.1, -0.05) is 40.3 Å². The molecule has 130 valence electrons. The monoisotopic (exact) mass is 334 g/mol. The Bertz CT molecular complexity index is 1130. The fourth-order valence-corrected chi connectivity index (χ4v) is 3.12. The van der Waals surface area contributed by atoms with Gasteiger partial charge in [0.25, 0.3) is 0 Å². The number of hydrogen-bond donors (Lipinski definition) is 1. The Morgan fingerprint density at radius 1 is 1.08 bits per heavy atom. The van der Waals surface area contributed by atoms with E-state index < -0.39 is 0 Å². The van der Waals surface area contributed by atoms with Crippen molar-refractivity contribution in [2.75, 3.05) is 0 Å². The fraction of sp³-hybridized carbons (Fsp3) is 0.238. The highest BCUT2D eigenvalue weighted by atomic mass is 14.9. The summed E-state index contributed by atoms with van der Waals surface area (Å²) in [5.74, 6) is 0. The molecule has 4 nitrogen and oxygen atoms in total. The van der Waals surface area contributed by atoms with Crippen molar-refractivity contribution in [3.8, 4) is 0 Å². The highest BCUT2D eigenvalue weighted by Crippen LogP contribution is 2.31. The third kappa shape index (κ3) is 2.84. The van der Waals surface area contributed by atoms with Crippen LogP contribution in [-0.2, 0) is 7.05 Å². The Kier molecular flexibility index (Phi) is 5.75. The van der Waals surface area contributed by atoms with Gasteiger partial charge in [-0.25, -0.2) is 0 Å². The average Bonchev–Trinajstić information content (AvgIpc) is 3.14. The number of pyridine rings is 1. The molecule has 4 aromatic rings. The molecule has 0 fully saturated rings. The molecule has 0 amide bonds. The standard InChI is InChI=1S/C17H14N4.2C2H6/c1-10-12(8-18-2)11-4-5-15-16(17(11)20-10)13-9-19-7-6-14(13)21(15)3;2*1-2/h4-9,20H,1-2H2,3H3;2*1-2H3/b12-8+;;. The second-order valence-electron chi connectivity index (χ2n) is 5.16. The first-order chi connectivity index (χ1) is 12.2. The van der Waals surface area contributed by atoms with E-state index >= 15 is 0 Å². The largest absolute Gasteiger partial charge is 0.354 e. The van der Waals surface area contributed by atoms with E-state index in [1.807, 2.05) is 46.2 Å². The third-order valence-electron chi connectivity index (χ3n) is 4.09. The Labute approximate surface area is 148 Å². The maximum Gasteiger partial charge on any atom is 0.0567 e. The van der Waals surface area contributed by atoms with Crippen molar-refractivity contribution in [1.29, 1.82) is 0 Å². The average molecular weight is 334 g/mol. The number of nitrogens with zero attached hydrogens (tertiary/aromatic N) is 3. The lowest BCUT2D eigenvalue weighted by molar-refractivity contribution is 1.01. The normalized spacial score (nSPS) is 11.2. The topological polar surface area (TPSA) is 46.0 Å². The first kappa shape index (κ1) is 18.5. The molecule has 3 heterocycles. The Morgan fingerprint density at radius 2 is 1.80 bits per heavy atom. The molecule has 0 bridgehead atoms. The summed E-state index contributed by atoms with van der Waals surface area (Å²) in [4.78, 5) is 11.5. The predicted octanol–water partition coefficient (Wildman–Crippen LogP) is 4.11. The number of aromatic amines is 1. The van der Waals surface area contributed by atoms with E-state index in [9.17, 15) is 0 Å². The van der Waals surface area contributed by atoms with E-state index in [4.69, 9.17) is 0 Å².